The van der Waals surface area contributed by atoms with Crippen molar-refractivity contribution in [3.63, 3.8) is 0 Å². The minimum atomic E-state index is -0.148. The molecule has 33 heavy (non-hydrogen) atoms. The fourth-order valence-corrected chi connectivity index (χ4v) is 4.39. The molecule has 0 aliphatic carbocycles. The van der Waals surface area contributed by atoms with Gasteiger partial charge in [0, 0.05) is 37.4 Å². The maximum absolute atomic E-state index is 13.2. The van der Waals surface area contributed by atoms with Crippen LogP contribution in [0.3, 0.4) is 0 Å². The van der Waals surface area contributed by atoms with Crippen LogP contribution in [0, 0.1) is 6.92 Å². The second kappa shape index (κ2) is 10.2. The third-order valence-electron chi connectivity index (χ3n) is 6.57. The molecule has 3 aromatic rings. The van der Waals surface area contributed by atoms with Crippen LogP contribution in [0.15, 0.2) is 66.7 Å². The molecule has 1 heterocycles. The van der Waals surface area contributed by atoms with Gasteiger partial charge in [-0.05, 0) is 66.9 Å². The maximum atomic E-state index is 13.2. The third kappa shape index (κ3) is 5.27. The molecule has 0 unspecified atom stereocenters. The summed E-state index contributed by atoms with van der Waals surface area (Å²) in [6, 6.07) is 22.0. The molecule has 1 fully saturated rings. The molecule has 1 atom stereocenters. The summed E-state index contributed by atoms with van der Waals surface area (Å²) in [7, 11) is 2.14. The van der Waals surface area contributed by atoms with Crippen LogP contribution in [-0.2, 0) is 6.61 Å². The first-order valence-electron chi connectivity index (χ1n) is 11.6. The zero-order valence-electron chi connectivity index (χ0n) is 19.7. The Morgan fingerprint density at radius 3 is 2.52 bits per heavy atom. The number of carbonyl (C=O) groups is 1. The zero-order chi connectivity index (χ0) is 23.4. The monoisotopic (exact) mass is 443 g/mol. The maximum Gasteiger partial charge on any atom is 0.252 e. The number of nitrogens with zero attached hydrogens (tertiary/aromatic N) is 2. The highest BCUT2D eigenvalue weighted by Gasteiger charge is 2.18. The van der Waals surface area contributed by atoms with Gasteiger partial charge in [0.2, 0.25) is 0 Å². The quantitative estimate of drug-likeness (QED) is 0.593. The van der Waals surface area contributed by atoms with Crippen molar-refractivity contribution in [1.82, 2.24) is 10.2 Å². The average Bonchev–Trinajstić information content (AvgIpc) is 2.85. The first-order valence-corrected chi connectivity index (χ1v) is 11.6. The Bertz CT molecular complexity index is 1120. The van der Waals surface area contributed by atoms with Gasteiger partial charge in [0.1, 0.15) is 0 Å². The number of amides is 1. The average molecular weight is 444 g/mol. The number of carbonyl (C=O) groups excluding carboxylic acids is 1. The van der Waals surface area contributed by atoms with Crippen molar-refractivity contribution >= 4 is 11.6 Å². The van der Waals surface area contributed by atoms with E-state index in [1.165, 1.54) is 0 Å². The zero-order valence-corrected chi connectivity index (χ0v) is 19.7. The normalized spacial score (nSPS) is 15.3. The number of nitrogens with one attached hydrogen (secondary N) is 1. The lowest BCUT2D eigenvalue weighted by atomic mass is 9.96. The molecule has 0 saturated carbocycles. The standard InChI is InChI=1S/C28H33N3O2/c1-20-11-12-25(31-15-13-30(3)14-16-31)18-27(20)28(33)29-21(2)22-8-6-9-23(17-22)26-10-5-4-7-24(26)19-32/h4-12,17-18,21,32H,13-16,19H2,1-3H3,(H,29,33)/t21-/m1/s1. The minimum Gasteiger partial charge on any atom is -0.392 e. The summed E-state index contributed by atoms with van der Waals surface area (Å²) in [6.45, 7) is 7.99. The van der Waals surface area contributed by atoms with E-state index in [4.69, 9.17) is 0 Å². The summed E-state index contributed by atoms with van der Waals surface area (Å²) in [6.07, 6.45) is 0. The second-order valence-electron chi connectivity index (χ2n) is 8.93. The molecule has 5 nitrogen and oxygen atoms in total. The van der Waals surface area contributed by atoms with E-state index in [1.54, 1.807) is 0 Å². The molecule has 1 amide bonds. The Hall–Kier alpha value is -3.15. The first kappa shape index (κ1) is 23.0. The van der Waals surface area contributed by atoms with Gasteiger partial charge < -0.3 is 20.2 Å². The van der Waals surface area contributed by atoms with Gasteiger partial charge in [-0.3, -0.25) is 4.79 Å². The largest absolute Gasteiger partial charge is 0.392 e. The van der Waals surface area contributed by atoms with Gasteiger partial charge >= 0.3 is 0 Å². The molecule has 1 saturated heterocycles. The number of hydrogen-bond acceptors (Lipinski definition) is 4. The molecule has 2 N–H and O–H groups in total. The van der Waals surface area contributed by atoms with Crippen LogP contribution < -0.4 is 10.2 Å². The van der Waals surface area contributed by atoms with Gasteiger partial charge in [-0.2, -0.15) is 0 Å². The lowest BCUT2D eigenvalue weighted by Crippen LogP contribution is -2.44. The Morgan fingerprint density at radius 1 is 1.00 bits per heavy atom. The molecule has 1 aliphatic heterocycles. The van der Waals surface area contributed by atoms with Crippen LogP contribution in [0.4, 0.5) is 5.69 Å². The van der Waals surface area contributed by atoms with E-state index in [0.717, 1.165) is 65.2 Å². The summed E-state index contributed by atoms with van der Waals surface area (Å²) in [5, 5.41) is 12.9. The lowest BCUT2D eigenvalue weighted by Gasteiger charge is -2.34. The van der Waals surface area contributed by atoms with E-state index in [2.05, 4.69) is 34.3 Å². The van der Waals surface area contributed by atoms with Gasteiger partial charge in [0.05, 0.1) is 12.6 Å². The number of likely N-dealkylation sites (N-methyl/N-ethyl adjacent to an activating group) is 1. The molecule has 0 spiro atoms. The number of anilines is 1. The predicted octanol–water partition coefficient (Wildman–Crippen LogP) is 4.40. The molecule has 0 aromatic heterocycles. The van der Waals surface area contributed by atoms with Crippen molar-refractivity contribution in [2.45, 2.75) is 26.5 Å². The molecular weight excluding hydrogens is 410 g/mol. The van der Waals surface area contributed by atoms with E-state index in [0.29, 0.717) is 0 Å². The number of aliphatic hydroxyl groups is 1. The number of piperazine rings is 1. The van der Waals surface area contributed by atoms with Crippen molar-refractivity contribution in [2.24, 2.45) is 0 Å². The van der Waals surface area contributed by atoms with Crippen LogP contribution in [0.5, 0.6) is 0 Å². The Kier molecular flexibility index (Phi) is 7.11. The van der Waals surface area contributed by atoms with E-state index >= 15 is 0 Å². The van der Waals surface area contributed by atoms with E-state index in [1.807, 2.05) is 68.4 Å². The number of aryl methyl sites for hydroxylation is 1. The van der Waals surface area contributed by atoms with Gasteiger partial charge in [0.15, 0.2) is 0 Å². The van der Waals surface area contributed by atoms with Crippen LogP contribution in [0.2, 0.25) is 0 Å². The van der Waals surface area contributed by atoms with E-state index < -0.39 is 0 Å². The molecule has 172 valence electrons. The van der Waals surface area contributed by atoms with Crippen molar-refractivity contribution in [3.8, 4) is 11.1 Å². The molecule has 1 aliphatic rings. The highest BCUT2D eigenvalue weighted by molar-refractivity contribution is 5.97. The van der Waals surface area contributed by atoms with Crippen LogP contribution in [0.25, 0.3) is 11.1 Å². The van der Waals surface area contributed by atoms with Gasteiger partial charge in [-0.1, -0.05) is 48.5 Å². The van der Waals surface area contributed by atoms with Gasteiger partial charge in [-0.25, -0.2) is 0 Å². The van der Waals surface area contributed by atoms with Crippen molar-refractivity contribution < 1.29 is 9.90 Å². The molecular formula is C28H33N3O2. The van der Waals surface area contributed by atoms with Crippen LogP contribution in [-0.4, -0.2) is 49.1 Å². The SMILES string of the molecule is Cc1ccc(N2CCN(C)CC2)cc1C(=O)N[C@H](C)c1cccc(-c2ccccc2CO)c1. The van der Waals surface area contributed by atoms with E-state index in [-0.39, 0.29) is 18.6 Å². The molecule has 4 rings (SSSR count). The summed E-state index contributed by atoms with van der Waals surface area (Å²) in [5.41, 5.74) is 6.77. The van der Waals surface area contributed by atoms with Crippen molar-refractivity contribution in [2.75, 3.05) is 38.1 Å². The highest BCUT2D eigenvalue weighted by Crippen LogP contribution is 2.27. The highest BCUT2D eigenvalue weighted by atomic mass is 16.3. The summed E-state index contributed by atoms with van der Waals surface area (Å²) in [5.74, 6) is -0.0582. The minimum absolute atomic E-state index is 0.00435. The van der Waals surface area contributed by atoms with Crippen molar-refractivity contribution in [3.05, 3.63) is 89.0 Å². The smallest absolute Gasteiger partial charge is 0.252 e. The first-order chi connectivity index (χ1) is 16.0. The van der Waals surface area contributed by atoms with Crippen LogP contribution >= 0.6 is 0 Å². The fourth-order valence-electron chi connectivity index (χ4n) is 4.39. The summed E-state index contributed by atoms with van der Waals surface area (Å²) < 4.78 is 0. The van der Waals surface area contributed by atoms with Gasteiger partial charge in [0.25, 0.3) is 5.91 Å². The fraction of sp³-hybridized carbons (Fsp3) is 0.321. The molecule has 0 radical (unpaired) electrons. The lowest BCUT2D eigenvalue weighted by molar-refractivity contribution is 0.0939. The number of aliphatic hydroxyl groups excluding tert-OH is 1. The third-order valence-corrected chi connectivity index (χ3v) is 6.57. The van der Waals surface area contributed by atoms with Gasteiger partial charge in [-0.15, -0.1) is 0 Å². The van der Waals surface area contributed by atoms with E-state index in [9.17, 15) is 9.90 Å². The number of benzene rings is 3. The summed E-state index contributed by atoms with van der Waals surface area (Å²) >= 11 is 0. The summed E-state index contributed by atoms with van der Waals surface area (Å²) in [4.78, 5) is 17.9. The molecule has 5 heteroatoms. The predicted molar refractivity (Wildman–Crippen MR) is 135 cm³/mol. The Balaban J connectivity index is 1.52. The van der Waals surface area contributed by atoms with Crippen LogP contribution in [0.1, 0.15) is 40.0 Å². The second-order valence-corrected chi connectivity index (χ2v) is 8.93. The number of rotatable bonds is 6. The Labute approximate surface area is 196 Å². The van der Waals surface area contributed by atoms with Crippen molar-refractivity contribution in [1.29, 1.82) is 0 Å². The topological polar surface area (TPSA) is 55.8 Å². The molecule has 0 bridgehead atoms. The number of hydrogen-bond donors (Lipinski definition) is 2. The Morgan fingerprint density at radius 2 is 1.76 bits per heavy atom. The molecule has 3 aromatic carbocycles.